The highest BCUT2D eigenvalue weighted by atomic mass is 35.5. The van der Waals surface area contributed by atoms with Crippen LogP contribution in [0.4, 0.5) is 0 Å². The van der Waals surface area contributed by atoms with Crippen LogP contribution in [0.15, 0.2) is 42.5 Å². The Hall–Kier alpha value is -1.31. The fourth-order valence-corrected chi connectivity index (χ4v) is 3.62. The second kappa shape index (κ2) is 6.21. The summed E-state index contributed by atoms with van der Waals surface area (Å²) in [5.41, 5.74) is 5.42. The molecule has 0 saturated heterocycles. The Labute approximate surface area is 132 Å². The number of rotatable bonds is 5. The molecule has 0 bridgehead atoms. The topological polar surface area (TPSA) is 12.0 Å². The summed E-state index contributed by atoms with van der Waals surface area (Å²) >= 11 is 6.53. The molecular weight excluding hydrogens is 278 g/mol. The maximum absolute atomic E-state index is 6.53. The number of nitrogens with one attached hydrogen (secondary N) is 1. The summed E-state index contributed by atoms with van der Waals surface area (Å²) in [7, 11) is 0. The van der Waals surface area contributed by atoms with Gasteiger partial charge in [0.25, 0.3) is 0 Å². The van der Waals surface area contributed by atoms with Crippen LogP contribution in [-0.2, 0) is 6.42 Å². The summed E-state index contributed by atoms with van der Waals surface area (Å²) in [4.78, 5) is 0. The first-order valence-corrected chi connectivity index (χ1v) is 8.14. The zero-order valence-electron chi connectivity index (χ0n) is 12.7. The molecule has 0 radical (unpaired) electrons. The first kappa shape index (κ1) is 14.6. The molecule has 3 rings (SSSR count). The van der Waals surface area contributed by atoms with Crippen LogP contribution >= 0.6 is 11.6 Å². The van der Waals surface area contributed by atoms with Gasteiger partial charge in [-0.25, -0.2) is 0 Å². The Morgan fingerprint density at radius 3 is 2.76 bits per heavy atom. The summed E-state index contributed by atoms with van der Waals surface area (Å²) in [6, 6.07) is 15.5. The van der Waals surface area contributed by atoms with Gasteiger partial charge in [0.1, 0.15) is 0 Å². The van der Waals surface area contributed by atoms with Gasteiger partial charge in [0.05, 0.1) is 0 Å². The first-order chi connectivity index (χ1) is 10.2. The Bertz CT molecular complexity index is 635. The van der Waals surface area contributed by atoms with Gasteiger partial charge in [0.15, 0.2) is 0 Å². The Morgan fingerprint density at radius 2 is 2.00 bits per heavy atom. The van der Waals surface area contributed by atoms with Crippen molar-refractivity contribution >= 4 is 11.6 Å². The van der Waals surface area contributed by atoms with Crippen LogP contribution in [0.2, 0.25) is 5.02 Å². The second-order valence-electron chi connectivity index (χ2n) is 5.92. The summed E-state index contributed by atoms with van der Waals surface area (Å²) in [5.74, 6) is 0.654. The largest absolute Gasteiger partial charge is 0.310 e. The van der Waals surface area contributed by atoms with Crippen LogP contribution in [0.25, 0.3) is 0 Å². The van der Waals surface area contributed by atoms with Crippen molar-refractivity contribution in [3.8, 4) is 0 Å². The predicted molar refractivity (Wildman–Crippen MR) is 90.1 cm³/mol. The van der Waals surface area contributed by atoms with Crippen molar-refractivity contribution in [2.45, 2.75) is 38.6 Å². The van der Waals surface area contributed by atoms with E-state index in [-0.39, 0.29) is 0 Å². The molecule has 1 aliphatic rings. The molecule has 0 amide bonds. The van der Waals surface area contributed by atoms with E-state index in [0.717, 1.165) is 23.6 Å². The van der Waals surface area contributed by atoms with Gasteiger partial charge in [-0.15, -0.1) is 0 Å². The number of halogens is 1. The molecule has 0 saturated carbocycles. The summed E-state index contributed by atoms with van der Waals surface area (Å²) in [5, 5.41) is 4.53. The quantitative estimate of drug-likeness (QED) is 0.816. The number of benzene rings is 2. The van der Waals surface area contributed by atoms with Gasteiger partial charge in [-0.05, 0) is 54.5 Å². The SMILES string of the molecule is CCNC(CC1Cc2ccccc21)c1cccc(C)c1Cl. The van der Waals surface area contributed by atoms with Crippen molar-refractivity contribution in [1.82, 2.24) is 5.32 Å². The molecule has 21 heavy (non-hydrogen) atoms. The predicted octanol–water partition coefficient (Wildman–Crippen LogP) is 5.03. The van der Waals surface area contributed by atoms with Crippen LogP contribution in [0.3, 0.4) is 0 Å². The molecule has 2 atom stereocenters. The van der Waals surface area contributed by atoms with Gasteiger partial charge in [0, 0.05) is 11.1 Å². The zero-order chi connectivity index (χ0) is 14.8. The molecular formula is C19H22ClN. The van der Waals surface area contributed by atoms with Crippen LogP contribution in [0.5, 0.6) is 0 Å². The Balaban J connectivity index is 1.82. The minimum absolute atomic E-state index is 0.334. The minimum Gasteiger partial charge on any atom is -0.310 e. The number of hydrogen-bond donors (Lipinski definition) is 1. The Morgan fingerprint density at radius 1 is 1.19 bits per heavy atom. The smallest absolute Gasteiger partial charge is 0.0482 e. The van der Waals surface area contributed by atoms with Crippen LogP contribution in [0, 0.1) is 6.92 Å². The standard InChI is InChI=1S/C19H22ClN/c1-3-21-18(17-10-6-7-13(2)19(17)20)12-15-11-14-8-4-5-9-16(14)15/h4-10,15,18,21H,3,11-12H2,1-2H3. The summed E-state index contributed by atoms with van der Waals surface area (Å²) in [6.07, 6.45) is 2.32. The highest BCUT2D eigenvalue weighted by Crippen LogP contribution is 2.41. The normalized spacial score (nSPS) is 18.0. The number of hydrogen-bond acceptors (Lipinski definition) is 1. The van der Waals surface area contributed by atoms with Crippen molar-refractivity contribution in [3.63, 3.8) is 0 Å². The third-order valence-corrected chi connectivity index (χ3v) is 5.05. The van der Waals surface area contributed by atoms with Gasteiger partial charge < -0.3 is 5.32 Å². The monoisotopic (exact) mass is 299 g/mol. The van der Waals surface area contributed by atoms with Gasteiger partial charge in [-0.2, -0.15) is 0 Å². The third-order valence-electron chi connectivity index (χ3n) is 4.53. The Kier molecular flexibility index (Phi) is 4.32. The van der Waals surface area contributed by atoms with Crippen LogP contribution in [0.1, 0.15) is 47.6 Å². The lowest BCUT2D eigenvalue weighted by Gasteiger charge is -2.34. The third kappa shape index (κ3) is 2.86. The van der Waals surface area contributed by atoms with E-state index in [4.69, 9.17) is 11.6 Å². The lowest BCUT2D eigenvalue weighted by molar-refractivity contribution is 0.436. The van der Waals surface area contributed by atoms with Gasteiger partial charge >= 0.3 is 0 Å². The molecule has 1 N–H and O–H groups in total. The highest BCUT2D eigenvalue weighted by molar-refractivity contribution is 6.32. The molecule has 1 nitrogen and oxygen atoms in total. The van der Waals surface area contributed by atoms with E-state index in [0.29, 0.717) is 12.0 Å². The molecule has 2 aromatic carbocycles. The van der Waals surface area contributed by atoms with Gasteiger partial charge in [-0.3, -0.25) is 0 Å². The van der Waals surface area contributed by atoms with Crippen molar-refractivity contribution in [3.05, 3.63) is 69.7 Å². The molecule has 110 valence electrons. The lowest BCUT2D eigenvalue weighted by Crippen LogP contribution is -2.27. The van der Waals surface area contributed by atoms with Gasteiger partial charge in [-0.1, -0.05) is 61.0 Å². The van der Waals surface area contributed by atoms with Crippen molar-refractivity contribution in [2.24, 2.45) is 0 Å². The van der Waals surface area contributed by atoms with Crippen LogP contribution in [-0.4, -0.2) is 6.54 Å². The average molecular weight is 300 g/mol. The van der Waals surface area contributed by atoms with E-state index in [1.165, 1.54) is 23.1 Å². The fourth-order valence-electron chi connectivity index (χ4n) is 3.36. The zero-order valence-corrected chi connectivity index (χ0v) is 13.5. The van der Waals surface area contributed by atoms with Crippen molar-refractivity contribution in [2.75, 3.05) is 6.54 Å². The molecule has 0 aliphatic heterocycles. The van der Waals surface area contributed by atoms with E-state index in [1.807, 2.05) is 0 Å². The number of fused-ring (bicyclic) bond motifs is 1. The fraction of sp³-hybridized carbons (Fsp3) is 0.368. The van der Waals surface area contributed by atoms with E-state index in [1.54, 1.807) is 0 Å². The minimum atomic E-state index is 0.334. The second-order valence-corrected chi connectivity index (χ2v) is 6.30. The molecule has 0 heterocycles. The molecule has 0 fully saturated rings. The first-order valence-electron chi connectivity index (χ1n) is 7.77. The maximum atomic E-state index is 6.53. The highest BCUT2D eigenvalue weighted by Gasteiger charge is 2.29. The maximum Gasteiger partial charge on any atom is 0.0482 e. The van der Waals surface area contributed by atoms with E-state index < -0.39 is 0 Å². The van der Waals surface area contributed by atoms with E-state index in [2.05, 4.69) is 61.6 Å². The molecule has 1 aliphatic carbocycles. The van der Waals surface area contributed by atoms with E-state index in [9.17, 15) is 0 Å². The lowest BCUT2D eigenvalue weighted by atomic mass is 9.73. The van der Waals surface area contributed by atoms with Crippen molar-refractivity contribution < 1.29 is 0 Å². The summed E-state index contributed by atoms with van der Waals surface area (Å²) < 4.78 is 0. The van der Waals surface area contributed by atoms with Crippen LogP contribution < -0.4 is 5.32 Å². The summed E-state index contributed by atoms with van der Waals surface area (Å²) in [6.45, 7) is 5.20. The van der Waals surface area contributed by atoms with E-state index >= 15 is 0 Å². The van der Waals surface area contributed by atoms with Gasteiger partial charge in [0.2, 0.25) is 0 Å². The molecule has 2 aromatic rings. The molecule has 0 spiro atoms. The molecule has 0 aromatic heterocycles. The molecule has 2 unspecified atom stereocenters. The average Bonchev–Trinajstić information content (AvgIpc) is 2.47. The molecule has 2 heteroatoms. The number of aryl methyl sites for hydroxylation is 1. The van der Waals surface area contributed by atoms with Crippen molar-refractivity contribution in [1.29, 1.82) is 0 Å².